The van der Waals surface area contributed by atoms with E-state index in [9.17, 15) is 4.79 Å². The first-order chi connectivity index (χ1) is 5.15. The lowest BCUT2D eigenvalue weighted by atomic mass is 10.2. The van der Waals surface area contributed by atoms with E-state index < -0.39 is 5.54 Å². The first-order valence-electron chi connectivity index (χ1n) is 3.80. The summed E-state index contributed by atoms with van der Waals surface area (Å²) >= 11 is 0. The van der Waals surface area contributed by atoms with Gasteiger partial charge in [-0.2, -0.15) is 0 Å². The van der Waals surface area contributed by atoms with Crippen LogP contribution in [0.25, 0.3) is 0 Å². The van der Waals surface area contributed by atoms with E-state index in [-0.39, 0.29) is 11.9 Å². The smallest absolute Gasteiger partial charge is 0.368 e. The topological polar surface area (TPSA) is 53.9 Å². The van der Waals surface area contributed by atoms with Gasteiger partial charge in [0.1, 0.15) is 0 Å². The second kappa shape index (κ2) is 2.66. The first kappa shape index (κ1) is 8.27. The first-order valence-corrected chi connectivity index (χ1v) is 3.80. The zero-order chi connectivity index (χ0) is 8.48. The van der Waals surface area contributed by atoms with E-state index in [1.165, 1.54) is 0 Å². The van der Waals surface area contributed by atoms with Gasteiger partial charge in [0.05, 0.1) is 6.61 Å². The van der Waals surface area contributed by atoms with Gasteiger partial charge in [-0.25, -0.2) is 4.79 Å². The molecule has 1 fully saturated rings. The minimum atomic E-state index is -0.502. The van der Waals surface area contributed by atoms with Gasteiger partial charge in [0.15, 0.2) is 5.54 Å². The standard InChI is InChI=1S/C8H13NO2/c1-3-6-5-8(6,9)7(10)11-4-2/h3,6H,1,4-5,9H2,2H3/p+1/t6-,8-/m1/s1. The van der Waals surface area contributed by atoms with Crippen LogP contribution in [0.3, 0.4) is 0 Å². The van der Waals surface area contributed by atoms with Crippen LogP contribution >= 0.6 is 0 Å². The predicted molar refractivity (Wildman–Crippen MR) is 40.6 cm³/mol. The maximum Gasteiger partial charge on any atom is 0.368 e. The van der Waals surface area contributed by atoms with Crippen molar-refractivity contribution in [1.29, 1.82) is 0 Å². The summed E-state index contributed by atoms with van der Waals surface area (Å²) in [6, 6.07) is 0. The van der Waals surface area contributed by atoms with Crippen molar-refractivity contribution in [2.24, 2.45) is 5.92 Å². The number of quaternary nitrogens is 1. The van der Waals surface area contributed by atoms with Crippen molar-refractivity contribution in [3.05, 3.63) is 12.7 Å². The molecule has 0 saturated heterocycles. The average Bonchev–Trinajstić information content (AvgIpc) is 2.64. The van der Waals surface area contributed by atoms with Crippen LogP contribution in [0, 0.1) is 5.92 Å². The zero-order valence-electron chi connectivity index (χ0n) is 6.80. The third-order valence-electron chi connectivity index (χ3n) is 2.10. The van der Waals surface area contributed by atoms with Gasteiger partial charge >= 0.3 is 5.97 Å². The van der Waals surface area contributed by atoms with E-state index in [0.29, 0.717) is 6.61 Å². The monoisotopic (exact) mass is 156 g/mol. The molecule has 1 aliphatic rings. The minimum Gasteiger partial charge on any atom is -0.461 e. The fourth-order valence-electron chi connectivity index (χ4n) is 1.15. The van der Waals surface area contributed by atoms with Gasteiger partial charge in [-0.3, -0.25) is 0 Å². The van der Waals surface area contributed by atoms with Gasteiger partial charge in [-0.15, -0.1) is 6.58 Å². The molecule has 2 atom stereocenters. The number of hydrogen-bond donors (Lipinski definition) is 1. The highest BCUT2D eigenvalue weighted by atomic mass is 16.5. The van der Waals surface area contributed by atoms with Gasteiger partial charge in [-0.1, -0.05) is 6.08 Å². The molecule has 1 aliphatic carbocycles. The Labute approximate surface area is 66.2 Å². The molecule has 1 saturated carbocycles. The van der Waals surface area contributed by atoms with E-state index >= 15 is 0 Å². The molecule has 1 rings (SSSR count). The molecular weight excluding hydrogens is 142 g/mol. The van der Waals surface area contributed by atoms with Gasteiger partial charge in [-0.05, 0) is 6.92 Å². The maximum atomic E-state index is 11.2. The molecule has 3 heteroatoms. The molecule has 0 amide bonds. The summed E-state index contributed by atoms with van der Waals surface area (Å²) in [6.45, 7) is 5.84. The molecule has 0 aliphatic heterocycles. The molecule has 0 bridgehead atoms. The Morgan fingerprint density at radius 2 is 2.64 bits per heavy atom. The van der Waals surface area contributed by atoms with Crippen LogP contribution < -0.4 is 5.73 Å². The largest absolute Gasteiger partial charge is 0.461 e. The third kappa shape index (κ3) is 1.28. The molecule has 0 unspecified atom stereocenters. The normalized spacial score (nSPS) is 34.5. The molecule has 3 N–H and O–H groups in total. The van der Waals surface area contributed by atoms with Crippen LogP contribution in [0.4, 0.5) is 0 Å². The Kier molecular flexibility index (Phi) is 2.00. The zero-order valence-corrected chi connectivity index (χ0v) is 6.80. The Hall–Kier alpha value is -0.830. The quantitative estimate of drug-likeness (QED) is 0.452. The number of esters is 1. The summed E-state index contributed by atoms with van der Waals surface area (Å²) in [6.07, 6.45) is 2.55. The summed E-state index contributed by atoms with van der Waals surface area (Å²) in [5, 5.41) is 0. The van der Waals surface area contributed by atoms with E-state index in [4.69, 9.17) is 4.74 Å². The second-order valence-corrected chi connectivity index (χ2v) is 2.92. The molecular formula is C8H14NO2+. The lowest BCUT2D eigenvalue weighted by molar-refractivity contribution is -0.428. The van der Waals surface area contributed by atoms with E-state index in [2.05, 4.69) is 12.3 Å². The number of hydrogen-bond acceptors (Lipinski definition) is 2. The van der Waals surface area contributed by atoms with Crippen LogP contribution in [0.15, 0.2) is 12.7 Å². The fraction of sp³-hybridized carbons (Fsp3) is 0.625. The fourth-order valence-corrected chi connectivity index (χ4v) is 1.15. The molecule has 62 valence electrons. The lowest BCUT2D eigenvalue weighted by Crippen LogP contribution is -2.69. The van der Waals surface area contributed by atoms with E-state index in [1.807, 2.05) is 0 Å². The molecule has 0 radical (unpaired) electrons. The number of ether oxygens (including phenoxy) is 1. The molecule has 0 heterocycles. The second-order valence-electron chi connectivity index (χ2n) is 2.92. The molecule has 0 aromatic carbocycles. The average molecular weight is 156 g/mol. The van der Waals surface area contributed by atoms with Crippen molar-refractivity contribution in [3.8, 4) is 0 Å². The molecule has 0 aromatic rings. The number of rotatable bonds is 3. The number of carbonyl (C=O) groups is 1. The lowest BCUT2D eigenvalue weighted by Gasteiger charge is -2.04. The predicted octanol–water partition coefficient (Wildman–Crippen LogP) is -0.264. The van der Waals surface area contributed by atoms with E-state index in [0.717, 1.165) is 6.42 Å². The van der Waals surface area contributed by atoms with Crippen LogP contribution in [-0.2, 0) is 9.53 Å². The van der Waals surface area contributed by atoms with Crippen molar-refractivity contribution in [2.45, 2.75) is 18.9 Å². The Morgan fingerprint density at radius 3 is 3.00 bits per heavy atom. The highest BCUT2D eigenvalue weighted by Crippen LogP contribution is 2.40. The number of carbonyl (C=O) groups excluding carboxylic acids is 1. The van der Waals surface area contributed by atoms with Gasteiger partial charge in [0, 0.05) is 12.3 Å². The Morgan fingerprint density at radius 1 is 2.00 bits per heavy atom. The maximum absolute atomic E-state index is 11.2. The molecule has 0 spiro atoms. The highest BCUT2D eigenvalue weighted by Gasteiger charge is 2.61. The van der Waals surface area contributed by atoms with Gasteiger partial charge in [0.2, 0.25) is 0 Å². The van der Waals surface area contributed by atoms with Crippen LogP contribution in [0.5, 0.6) is 0 Å². The van der Waals surface area contributed by atoms with Crippen LogP contribution in [-0.4, -0.2) is 18.1 Å². The summed E-state index contributed by atoms with van der Waals surface area (Å²) in [5.74, 6) is 0.0338. The highest BCUT2D eigenvalue weighted by molar-refractivity contribution is 5.83. The van der Waals surface area contributed by atoms with Crippen LogP contribution in [0.1, 0.15) is 13.3 Å². The van der Waals surface area contributed by atoms with Crippen molar-refractivity contribution < 1.29 is 15.3 Å². The summed E-state index contributed by atoms with van der Waals surface area (Å²) < 4.78 is 4.85. The molecule has 3 nitrogen and oxygen atoms in total. The summed E-state index contributed by atoms with van der Waals surface area (Å²) in [5.41, 5.74) is 3.30. The van der Waals surface area contributed by atoms with Crippen LogP contribution in [0.2, 0.25) is 0 Å². The van der Waals surface area contributed by atoms with E-state index in [1.54, 1.807) is 13.0 Å². The van der Waals surface area contributed by atoms with Gasteiger partial charge in [0.25, 0.3) is 0 Å². The SMILES string of the molecule is C=C[C@@H]1C[C@]1([NH3+])C(=O)OCC. The third-order valence-corrected chi connectivity index (χ3v) is 2.10. The Balaban J connectivity index is 2.49. The minimum absolute atomic E-state index is 0.190. The van der Waals surface area contributed by atoms with Crippen molar-refractivity contribution in [3.63, 3.8) is 0 Å². The van der Waals surface area contributed by atoms with Crippen molar-refractivity contribution in [1.82, 2.24) is 0 Å². The van der Waals surface area contributed by atoms with Crippen molar-refractivity contribution in [2.75, 3.05) is 6.61 Å². The van der Waals surface area contributed by atoms with Gasteiger partial charge < -0.3 is 10.5 Å². The molecule has 11 heavy (non-hydrogen) atoms. The Bertz CT molecular complexity index is 191. The summed E-state index contributed by atoms with van der Waals surface area (Å²) in [7, 11) is 0. The summed E-state index contributed by atoms with van der Waals surface area (Å²) in [4.78, 5) is 11.2. The molecule has 0 aromatic heterocycles. The van der Waals surface area contributed by atoms with Crippen molar-refractivity contribution >= 4 is 5.97 Å².